The molecule has 0 saturated carbocycles. The third-order valence-electron chi connectivity index (χ3n) is 2.83. The van der Waals surface area contributed by atoms with E-state index >= 15 is 0 Å². The topological polar surface area (TPSA) is 71.3 Å². The molecule has 0 aliphatic carbocycles. The Bertz CT molecular complexity index is 456. The molecule has 1 aromatic heterocycles. The van der Waals surface area contributed by atoms with Gasteiger partial charge in [0, 0.05) is 31.5 Å². The summed E-state index contributed by atoms with van der Waals surface area (Å²) in [6, 6.07) is 3.95. The molecule has 1 aliphatic rings. The van der Waals surface area contributed by atoms with Gasteiger partial charge in [-0.25, -0.2) is 0 Å². The van der Waals surface area contributed by atoms with E-state index in [4.69, 9.17) is 0 Å². The first-order chi connectivity index (χ1) is 8.65. The van der Waals surface area contributed by atoms with Crippen LogP contribution in [0, 0.1) is 17.0 Å². The van der Waals surface area contributed by atoms with Crippen LogP contribution < -0.4 is 5.32 Å². The highest BCUT2D eigenvalue weighted by molar-refractivity contribution is 5.14. The van der Waals surface area contributed by atoms with Crippen molar-refractivity contribution in [3.05, 3.63) is 51.7 Å². The average molecular weight is 248 g/mol. The summed E-state index contributed by atoms with van der Waals surface area (Å²) in [6.45, 7) is 4.17. The van der Waals surface area contributed by atoms with Crippen LogP contribution in [0.3, 0.4) is 0 Å². The number of hydrogen-bond acceptors (Lipinski definition) is 5. The normalized spacial score (nSPS) is 17.6. The summed E-state index contributed by atoms with van der Waals surface area (Å²) < 4.78 is 0. The summed E-state index contributed by atoms with van der Waals surface area (Å²) in [7, 11) is 0. The van der Waals surface area contributed by atoms with Crippen LogP contribution in [0.25, 0.3) is 0 Å². The van der Waals surface area contributed by atoms with Crippen molar-refractivity contribution in [1.29, 1.82) is 0 Å². The van der Waals surface area contributed by atoms with E-state index in [9.17, 15) is 10.1 Å². The molecule has 1 aromatic rings. The highest BCUT2D eigenvalue weighted by Crippen LogP contribution is 2.13. The SMILES string of the molecule is Cc1ccc(CN2CCCN/C2=C\[N+](=O)[O-])cn1. The third kappa shape index (κ3) is 3.19. The van der Waals surface area contributed by atoms with Gasteiger partial charge in [-0.05, 0) is 25.0 Å². The Labute approximate surface area is 105 Å². The second-order valence-corrected chi connectivity index (χ2v) is 4.31. The minimum atomic E-state index is -0.423. The van der Waals surface area contributed by atoms with Crippen molar-refractivity contribution in [3.8, 4) is 0 Å². The largest absolute Gasteiger partial charge is 0.367 e. The van der Waals surface area contributed by atoms with Crippen molar-refractivity contribution in [1.82, 2.24) is 15.2 Å². The second-order valence-electron chi connectivity index (χ2n) is 4.31. The molecule has 96 valence electrons. The van der Waals surface area contributed by atoms with Crippen molar-refractivity contribution in [2.75, 3.05) is 13.1 Å². The van der Waals surface area contributed by atoms with E-state index in [0.717, 1.165) is 37.0 Å². The number of aryl methyl sites for hydroxylation is 1. The number of hydrogen-bond donors (Lipinski definition) is 1. The van der Waals surface area contributed by atoms with Gasteiger partial charge in [0.1, 0.15) is 0 Å². The van der Waals surface area contributed by atoms with E-state index in [2.05, 4.69) is 10.3 Å². The number of aromatic nitrogens is 1. The van der Waals surface area contributed by atoms with Gasteiger partial charge in [0.2, 0.25) is 0 Å². The van der Waals surface area contributed by atoms with Gasteiger partial charge >= 0.3 is 0 Å². The van der Waals surface area contributed by atoms with E-state index in [1.54, 1.807) is 0 Å². The van der Waals surface area contributed by atoms with Crippen molar-refractivity contribution in [3.63, 3.8) is 0 Å². The third-order valence-corrected chi connectivity index (χ3v) is 2.83. The van der Waals surface area contributed by atoms with Gasteiger partial charge in [0.05, 0.1) is 4.92 Å². The molecule has 6 heteroatoms. The first-order valence-corrected chi connectivity index (χ1v) is 5.91. The quantitative estimate of drug-likeness (QED) is 0.644. The Hall–Kier alpha value is -2.11. The lowest BCUT2D eigenvalue weighted by Gasteiger charge is -2.30. The lowest BCUT2D eigenvalue weighted by Crippen LogP contribution is -2.39. The molecule has 6 nitrogen and oxygen atoms in total. The summed E-state index contributed by atoms with van der Waals surface area (Å²) in [5.41, 5.74) is 2.02. The molecule has 2 rings (SSSR count). The minimum Gasteiger partial charge on any atom is -0.367 e. The molecule has 0 radical (unpaired) electrons. The summed E-state index contributed by atoms with van der Waals surface area (Å²) >= 11 is 0. The molecule has 0 atom stereocenters. The first-order valence-electron chi connectivity index (χ1n) is 5.91. The highest BCUT2D eigenvalue weighted by Gasteiger charge is 2.17. The van der Waals surface area contributed by atoms with Gasteiger partial charge in [0.25, 0.3) is 6.20 Å². The molecule has 1 saturated heterocycles. The zero-order chi connectivity index (χ0) is 13.0. The van der Waals surface area contributed by atoms with Crippen LogP contribution >= 0.6 is 0 Å². The highest BCUT2D eigenvalue weighted by atomic mass is 16.6. The zero-order valence-electron chi connectivity index (χ0n) is 10.3. The number of rotatable bonds is 3. The van der Waals surface area contributed by atoms with E-state index in [1.165, 1.54) is 0 Å². The molecular formula is C12H16N4O2. The smallest absolute Gasteiger partial charge is 0.274 e. The van der Waals surface area contributed by atoms with Crippen LogP contribution in [0.2, 0.25) is 0 Å². The standard InChI is InChI=1S/C12H16N4O2/c1-10-3-4-11(7-14-10)8-15-6-2-5-13-12(15)9-16(17)18/h3-4,7,9,13H,2,5-6,8H2,1H3/b12-9+. The van der Waals surface area contributed by atoms with Crippen LogP contribution in [-0.4, -0.2) is 27.9 Å². The molecule has 1 N–H and O–H groups in total. The summed E-state index contributed by atoms with van der Waals surface area (Å²) in [6.07, 6.45) is 3.82. The molecule has 1 fully saturated rings. The van der Waals surface area contributed by atoms with E-state index in [0.29, 0.717) is 12.4 Å². The van der Waals surface area contributed by atoms with Crippen molar-refractivity contribution < 1.29 is 4.92 Å². The second kappa shape index (κ2) is 5.48. The fourth-order valence-corrected chi connectivity index (χ4v) is 1.92. The molecule has 0 bridgehead atoms. The summed E-state index contributed by atoms with van der Waals surface area (Å²) in [4.78, 5) is 16.3. The molecule has 0 unspecified atom stereocenters. The Morgan fingerprint density at radius 1 is 1.61 bits per heavy atom. The predicted octanol–water partition coefficient (Wildman–Crippen LogP) is 1.26. The van der Waals surface area contributed by atoms with Crippen LogP contribution in [0.15, 0.2) is 30.4 Å². The molecule has 0 aromatic carbocycles. The molecule has 0 amide bonds. The monoisotopic (exact) mass is 248 g/mol. The van der Waals surface area contributed by atoms with Crippen LogP contribution in [-0.2, 0) is 6.54 Å². The molecular weight excluding hydrogens is 232 g/mol. The van der Waals surface area contributed by atoms with E-state index in [-0.39, 0.29) is 0 Å². The molecule has 0 spiro atoms. The van der Waals surface area contributed by atoms with E-state index < -0.39 is 4.92 Å². The Morgan fingerprint density at radius 3 is 3.11 bits per heavy atom. The molecule has 1 aliphatic heterocycles. The zero-order valence-corrected chi connectivity index (χ0v) is 10.3. The van der Waals surface area contributed by atoms with Gasteiger partial charge in [-0.2, -0.15) is 0 Å². The maximum atomic E-state index is 10.6. The van der Waals surface area contributed by atoms with Gasteiger partial charge in [-0.15, -0.1) is 0 Å². The summed E-state index contributed by atoms with van der Waals surface area (Å²) in [5.74, 6) is 0.576. The van der Waals surface area contributed by atoms with Crippen molar-refractivity contribution in [2.24, 2.45) is 0 Å². The van der Waals surface area contributed by atoms with Crippen LogP contribution in [0.1, 0.15) is 17.7 Å². The number of nitrogens with zero attached hydrogens (tertiary/aromatic N) is 3. The fraction of sp³-hybridized carbons (Fsp3) is 0.417. The number of nitrogens with one attached hydrogen (secondary N) is 1. The van der Waals surface area contributed by atoms with Crippen LogP contribution in [0.4, 0.5) is 0 Å². The van der Waals surface area contributed by atoms with Gasteiger partial charge in [0.15, 0.2) is 5.82 Å². The number of pyridine rings is 1. The van der Waals surface area contributed by atoms with Gasteiger partial charge < -0.3 is 10.2 Å². The summed E-state index contributed by atoms with van der Waals surface area (Å²) in [5, 5.41) is 13.6. The number of nitro groups is 1. The van der Waals surface area contributed by atoms with Gasteiger partial charge in [-0.3, -0.25) is 15.1 Å². The lowest BCUT2D eigenvalue weighted by molar-refractivity contribution is -0.405. The van der Waals surface area contributed by atoms with Crippen molar-refractivity contribution in [2.45, 2.75) is 19.9 Å². The van der Waals surface area contributed by atoms with E-state index in [1.807, 2.05) is 30.2 Å². The van der Waals surface area contributed by atoms with Crippen molar-refractivity contribution >= 4 is 0 Å². The average Bonchev–Trinajstić information content (AvgIpc) is 2.34. The first kappa shape index (κ1) is 12.3. The Kier molecular flexibility index (Phi) is 3.76. The van der Waals surface area contributed by atoms with Crippen LogP contribution in [0.5, 0.6) is 0 Å². The maximum absolute atomic E-state index is 10.6. The van der Waals surface area contributed by atoms with Gasteiger partial charge in [-0.1, -0.05) is 6.07 Å². The Balaban J connectivity index is 2.10. The fourth-order valence-electron chi connectivity index (χ4n) is 1.92. The maximum Gasteiger partial charge on any atom is 0.274 e. The lowest BCUT2D eigenvalue weighted by atomic mass is 10.2. The molecule has 2 heterocycles. The Morgan fingerprint density at radius 2 is 2.44 bits per heavy atom. The predicted molar refractivity (Wildman–Crippen MR) is 67.1 cm³/mol. The molecule has 18 heavy (non-hydrogen) atoms. The minimum absolute atomic E-state index is 0.423.